The van der Waals surface area contributed by atoms with Crippen LogP contribution in [0.1, 0.15) is 16.8 Å². The number of nitrogens with zero attached hydrogens (tertiary/aromatic N) is 3. The van der Waals surface area contributed by atoms with Crippen LogP contribution in [0.4, 0.5) is 5.82 Å². The average Bonchev–Trinajstić information content (AvgIpc) is 2.28. The molecule has 0 spiro atoms. The van der Waals surface area contributed by atoms with Crippen LogP contribution in [0.25, 0.3) is 0 Å². The Labute approximate surface area is 94.8 Å². The van der Waals surface area contributed by atoms with Crippen LogP contribution < -0.4 is 5.32 Å². The van der Waals surface area contributed by atoms with Crippen molar-refractivity contribution in [1.29, 1.82) is 0 Å². The highest BCUT2D eigenvalue weighted by atomic mass is 15.0. The fourth-order valence-electron chi connectivity index (χ4n) is 1.42. The first-order chi connectivity index (χ1) is 7.75. The quantitative estimate of drug-likeness (QED) is 0.850. The molecule has 0 amide bonds. The molecule has 1 N–H and O–H groups in total. The number of pyridine rings is 1. The summed E-state index contributed by atoms with van der Waals surface area (Å²) in [5.41, 5.74) is 3.37. The lowest BCUT2D eigenvalue weighted by Gasteiger charge is -2.07. The van der Waals surface area contributed by atoms with E-state index in [0.717, 1.165) is 18.1 Å². The van der Waals surface area contributed by atoms with Gasteiger partial charge in [0.15, 0.2) is 0 Å². The highest BCUT2D eigenvalue weighted by Crippen LogP contribution is 2.08. The Morgan fingerprint density at radius 3 is 2.88 bits per heavy atom. The summed E-state index contributed by atoms with van der Waals surface area (Å²) in [6, 6.07) is 3.92. The Hall–Kier alpha value is -1.97. The summed E-state index contributed by atoms with van der Waals surface area (Å²) in [5, 5.41) is 3.25. The molecule has 2 rings (SSSR count). The molecule has 0 fully saturated rings. The van der Waals surface area contributed by atoms with Crippen molar-refractivity contribution in [2.45, 2.75) is 20.4 Å². The van der Waals surface area contributed by atoms with Gasteiger partial charge in [-0.2, -0.15) is 0 Å². The monoisotopic (exact) mass is 214 g/mol. The fraction of sp³-hybridized carbons (Fsp3) is 0.250. The number of rotatable bonds is 3. The van der Waals surface area contributed by atoms with Crippen LogP contribution in [0.2, 0.25) is 0 Å². The van der Waals surface area contributed by atoms with E-state index in [2.05, 4.69) is 27.2 Å². The Kier molecular flexibility index (Phi) is 3.10. The molecule has 2 heterocycles. The molecule has 0 aromatic carbocycles. The van der Waals surface area contributed by atoms with E-state index in [1.54, 1.807) is 12.5 Å². The van der Waals surface area contributed by atoms with Crippen LogP contribution in [0.15, 0.2) is 30.9 Å². The van der Waals surface area contributed by atoms with Crippen LogP contribution in [0.3, 0.4) is 0 Å². The SMILES string of the molecule is Cc1cc(NCc2cnccc2C)ncn1. The molecule has 0 bridgehead atoms. The molecule has 0 saturated heterocycles. The standard InChI is InChI=1S/C12H14N4/c1-9-3-4-13-6-11(9)7-14-12-5-10(2)15-8-16-12/h3-6,8H,7H2,1-2H3,(H,14,15,16). The summed E-state index contributed by atoms with van der Waals surface area (Å²) in [4.78, 5) is 12.3. The largest absolute Gasteiger partial charge is 0.366 e. The molecule has 0 aliphatic rings. The zero-order valence-corrected chi connectivity index (χ0v) is 9.44. The first kappa shape index (κ1) is 10.5. The number of hydrogen-bond acceptors (Lipinski definition) is 4. The third kappa shape index (κ3) is 2.53. The molecule has 16 heavy (non-hydrogen) atoms. The molecule has 4 heteroatoms. The minimum absolute atomic E-state index is 0.732. The molecule has 0 aliphatic heterocycles. The molecule has 82 valence electrons. The van der Waals surface area contributed by atoms with E-state index in [0.29, 0.717) is 0 Å². The van der Waals surface area contributed by atoms with Gasteiger partial charge in [-0.25, -0.2) is 9.97 Å². The number of anilines is 1. The molecular formula is C12H14N4. The van der Waals surface area contributed by atoms with Gasteiger partial charge in [0.2, 0.25) is 0 Å². The molecule has 0 atom stereocenters. The topological polar surface area (TPSA) is 50.7 Å². The number of aromatic nitrogens is 3. The van der Waals surface area contributed by atoms with Crippen molar-refractivity contribution in [3.05, 3.63) is 47.7 Å². The smallest absolute Gasteiger partial charge is 0.129 e. The van der Waals surface area contributed by atoms with Crippen molar-refractivity contribution in [1.82, 2.24) is 15.0 Å². The van der Waals surface area contributed by atoms with Crippen LogP contribution >= 0.6 is 0 Å². The zero-order valence-electron chi connectivity index (χ0n) is 9.44. The maximum atomic E-state index is 4.14. The zero-order chi connectivity index (χ0) is 11.4. The van der Waals surface area contributed by atoms with E-state index in [1.165, 1.54) is 11.1 Å². The first-order valence-corrected chi connectivity index (χ1v) is 5.18. The van der Waals surface area contributed by atoms with Crippen molar-refractivity contribution in [2.75, 3.05) is 5.32 Å². The maximum absolute atomic E-state index is 4.14. The van der Waals surface area contributed by atoms with Crippen LogP contribution in [0, 0.1) is 13.8 Å². The number of hydrogen-bond donors (Lipinski definition) is 1. The molecule has 0 saturated carbocycles. The summed E-state index contributed by atoms with van der Waals surface area (Å²) in [6.45, 7) is 4.75. The van der Waals surface area contributed by atoms with Crippen molar-refractivity contribution >= 4 is 5.82 Å². The third-order valence-corrected chi connectivity index (χ3v) is 2.41. The second-order valence-corrected chi connectivity index (χ2v) is 3.70. The molecule has 2 aromatic heterocycles. The predicted molar refractivity (Wildman–Crippen MR) is 63.1 cm³/mol. The highest BCUT2D eigenvalue weighted by molar-refractivity contribution is 5.36. The Bertz CT molecular complexity index is 482. The summed E-state index contributed by atoms with van der Waals surface area (Å²) < 4.78 is 0. The van der Waals surface area contributed by atoms with Gasteiger partial charge in [0.05, 0.1) is 0 Å². The van der Waals surface area contributed by atoms with Gasteiger partial charge >= 0.3 is 0 Å². The van der Waals surface area contributed by atoms with Gasteiger partial charge in [-0.15, -0.1) is 0 Å². The Morgan fingerprint density at radius 2 is 2.12 bits per heavy atom. The van der Waals surface area contributed by atoms with Gasteiger partial charge in [-0.3, -0.25) is 4.98 Å². The summed E-state index contributed by atoms with van der Waals surface area (Å²) >= 11 is 0. The van der Waals surface area contributed by atoms with E-state index in [-0.39, 0.29) is 0 Å². The lowest BCUT2D eigenvalue weighted by atomic mass is 10.1. The van der Waals surface area contributed by atoms with Gasteiger partial charge in [0, 0.05) is 30.7 Å². The lowest BCUT2D eigenvalue weighted by Crippen LogP contribution is -2.03. The van der Waals surface area contributed by atoms with Crippen LogP contribution in [0.5, 0.6) is 0 Å². The summed E-state index contributed by atoms with van der Waals surface area (Å²) in [5.74, 6) is 0.843. The van der Waals surface area contributed by atoms with Crippen molar-refractivity contribution in [3.8, 4) is 0 Å². The van der Waals surface area contributed by atoms with Gasteiger partial charge in [0.25, 0.3) is 0 Å². The van der Waals surface area contributed by atoms with Gasteiger partial charge < -0.3 is 5.32 Å². The normalized spacial score (nSPS) is 10.1. The molecule has 0 aliphatic carbocycles. The third-order valence-electron chi connectivity index (χ3n) is 2.41. The lowest BCUT2D eigenvalue weighted by molar-refractivity contribution is 1.03. The minimum atomic E-state index is 0.732. The van der Waals surface area contributed by atoms with Gasteiger partial charge in [0.1, 0.15) is 12.1 Å². The predicted octanol–water partition coefficient (Wildman–Crippen LogP) is 2.10. The number of nitrogens with one attached hydrogen (secondary N) is 1. The van der Waals surface area contributed by atoms with Gasteiger partial charge in [-0.05, 0) is 31.0 Å². The second-order valence-electron chi connectivity index (χ2n) is 3.70. The molecule has 0 unspecified atom stereocenters. The molecule has 2 aromatic rings. The minimum Gasteiger partial charge on any atom is -0.366 e. The number of aryl methyl sites for hydroxylation is 2. The summed E-state index contributed by atoms with van der Waals surface area (Å²) in [6.07, 6.45) is 5.23. The van der Waals surface area contributed by atoms with E-state index < -0.39 is 0 Å². The van der Waals surface area contributed by atoms with E-state index in [9.17, 15) is 0 Å². The maximum Gasteiger partial charge on any atom is 0.129 e. The first-order valence-electron chi connectivity index (χ1n) is 5.18. The van der Waals surface area contributed by atoms with Crippen molar-refractivity contribution in [3.63, 3.8) is 0 Å². The molecule has 4 nitrogen and oxygen atoms in total. The molecular weight excluding hydrogens is 200 g/mol. The highest BCUT2D eigenvalue weighted by Gasteiger charge is 1.98. The van der Waals surface area contributed by atoms with Crippen LogP contribution in [-0.2, 0) is 6.54 Å². The van der Waals surface area contributed by atoms with Gasteiger partial charge in [-0.1, -0.05) is 0 Å². The van der Waals surface area contributed by atoms with Crippen molar-refractivity contribution in [2.24, 2.45) is 0 Å². The van der Waals surface area contributed by atoms with Crippen molar-refractivity contribution < 1.29 is 0 Å². The van der Waals surface area contributed by atoms with E-state index in [1.807, 2.05) is 25.3 Å². The molecule has 0 radical (unpaired) electrons. The van der Waals surface area contributed by atoms with Crippen LogP contribution in [-0.4, -0.2) is 15.0 Å². The summed E-state index contributed by atoms with van der Waals surface area (Å²) in [7, 11) is 0. The van der Waals surface area contributed by atoms with E-state index in [4.69, 9.17) is 0 Å². The van der Waals surface area contributed by atoms with E-state index >= 15 is 0 Å². The average molecular weight is 214 g/mol. The Balaban J connectivity index is 2.05. The fourth-order valence-corrected chi connectivity index (χ4v) is 1.42. The Morgan fingerprint density at radius 1 is 1.25 bits per heavy atom. The second kappa shape index (κ2) is 4.70.